The van der Waals surface area contributed by atoms with E-state index in [-0.39, 0.29) is 11.8 Å². The Kier molecular flexibility index (Phi) is 3.55. The smallest absolute Gasteiger partial charge is 0.233 e. The third-order valence-corrected chi connectivity index (χ3v) is 3.46. The lowest BCUT2D eigenvalue weighted by atomic mass is 10.2. The van der Waals surface area contributed by atoms with Crippen molar-refractivity contribution in [1.29, 1.82) is 0 Å². The number of benzene rings is 1. The average Bonchev–Trinajstić information content (AvgIpc) is 2.95. The van der Waals surface area contributed by atoms with E-state index >= 15 is 0 Å². The second kappa shape index (κ2) is 5.51. The number of nitrogen functional groups attached to an aromatic ring is 1. The fraction of sp³-hybridized carbons (Fsp3) is 0.357. The molecule has 7 heteroatoms. The van der Waals surface area contributed by atoms with Gasteiger partial charge in [0.15, 0.2) is 0 Å². The van der Waals surface area contributed by atoms with Gasteiger partial charge in [-0.3, -0.25) is 0 Å². The van der Waals surface area contributed by atoms with Gasteiger partial charge in [-0.2, -0.15) is 15.0 Å². The predicted octanol–water partition coefficient (Wildman–Crippen LogP) is 2.25. The molecule has 3 rings (SSSR count). The number of aryl methyl sites for hydroxylation is 1. The van der Waals surface area contributed by atoms with Gasteiger partial charge in [0, 0.05) is 18.8 Å². The Morgan fingerprint density at radius 2 is 1.95 bits per heavy atom. The van der Waals surface area contributed by atoms with Crippen LogP contribution in [0.25, 0.3) is 0 Å². The lowest BCUT2D eigenvalue weighted by Crippen LogP contribution is -2.22. The van der Waals surface area contributed by atoms with E-state index in [4.69, 9.17) is 5.73 Å². The van der Waals surface area contributed by atoms with Gasteiger partial charge < -0.3 is 16.0 Å². The summed E-state index contributed by atoms with van der Waals surface area (Å²) in [6.07, 6.45) is 2.26. The number of aromatic nitrogens is 3. The van der Waals surface area contributed by atoms with Crippen molar-refractivity contribution in [2.45, 2.75) is 19.8 Å². The van der Waals surface area contributed by atoms with E-state index < -0.39 is 0 Å². The molecule has 0 aliphatic carbocycles. The number of anilines is 4. The van der Waals surface area contributed by atoms with Crippen LogP contribution in [0.3, 0.4) is 0 Å². The van der Waals surface area contributed by atoms with Crippen LogP contribution in [0.4, 0.5) is 27.9 Å². The molecule has 0 spiro atoms. The highest BCUT2D eigenvalue weighted by Gasteiger charge is 2.17. The lowest BCUT2D eigenvalue weighted by Gasteiger charge is -2.16. The van der Waals surface area contributed by atoms with Crippen LogP contribution in [0.2, 0.25) is 0 Å². The molecule has 1 aliphatic heterocycles. The molecule has 1 saturated heterocycles. The fourth-order valence-corrected chi connectivity index (χ4v) is 2.38. The molecular formula is C14H17FN6. The van der Waals surface area contributed by atoms with Gasteiger partial charge in [-0.25, -0.2) is 4.39 Å². The van der Waals surface area contributed by atoms with Crippen molar-refractivity contribution in [2.24, 2.45) is 0 Å². The van der Waals surface area contributed by atoms with Gasteiger partial charge in [0.25, 0.3) is 0 Å². The normalized spacial score (nSPS) is 14.5. The van der Waals surface area contributed by atoms with Gasteiger partial charge in [-0.05, 0) is 43.5 Å². The van der Waals surface area contributed by atoms with Crippen LogP contribution >= 0.6 is 0 Å². The number of nitrogens with one attached hydrogen (secondary N) is 1. The van der Waals surface area contributed by atoms with E-state index in [1.807, 2.05) is 6.92 Å². The summed E-state index contributed by atoms with van der Waals surface area (Å²) >= 11 is 0. The number of nitrogens with two attached hydrogens (primary N) is 1. The molecule has 0 bridgehead atoms. The van der Waals surface area contributed by atoms with Crippen LogP contribution < -0.4 is 16.0 Å². The van der Waals surface area contributed by atoms with E-state index in [1.54, 1.807) is 6.07 Å². The molecule has 110 valence electrons. The van der Waals surface area contributed by atoms with Crippen molar-refractivity contribution in [1.82, 2.24) is 15.0 Å². The summed E-state index contributed by atoms with van der Waals surface area (Å²) in [7, 11) is 0. The summed E-state index contributed by atoms with van der Waals surface area (Å²) in [5, 5.41) is 3.07. The molecule has 1 aromatic heterocycles. The third-order valence-electron chi connectivity index (χ3n) is 3.46. The van der Waals surface area contributed by atoms with E-state index in [1.165, 1.54) is 12.1 Å². The van der Waals surface area contributed by atoms with E-state index in [0.717, 1.165) is 37.2 Å². The Hall–Kier alpha value is -2.44. The van der Waals surface area contributed by atoms with Gasteiger partial charge in [0.1, 0.15) is 5.82 Å². The highest BCUT2D eigenvalue weighted by Crippen LogP contribution is 2.22. The molecule has 2 heterocycles. The Labute approximate surface area is 122 Å². The minimum absolute atomic E-state index is 0.175. The van der Waals surface area contributed by atoms with Crippen LogP contribution in [-0.4, -0.2) is 28.0 Å². The zero-order chi connectivity index (χ0) is 14.8. The summed E-state index contributed by atoms with van der Waals surface area (Å²) in [5.41, 5.74) is 7.27. The van der Waals surface area contributed by atoms with Crippen LogP contribution in [0, 0.1) is 12.7 Å². The molecule has 21 heavy (non-hydrogen) atoms. The van der Waals surface area contributed by atoms with Crippen molar-refractivity contribution < 1.29 is 4.39 Å². The summed E-state index contributed by atoms with van der Waals surface area (Å²) in [6.45, 7) is 3.67. The van der Waals surface area contributed by atoms with E-state index in [9.17, 15) is 4.39 Å². The molecule has 1 aliphatic rings. The van der Waals surface area contributed by atoms with Crippen LogP contribution in [0.1, 0.15) is 18.4 Å². The highest BCUT2D eigenvalue weighted by molar-refractivity contribution is 5.59. The topological polar surface area (TPSA) is 80.0 Å². The van der Waals surface area contributed by atoms with Gasteiger partial charge in [-0.15, -0.1) is 0 Å². The molecule has 0 atom stereocenters. The molecule has 3 N–H and O–H groups in total. The number of hydrogen-bond donors (Lipinski definition) is 2. The first-order valence-corrected chi connectivity index (χ1v) is 6.91. The Morgan fingerprint density at radius 3 is 2.67 bits per heavy atom. The first-order chi connectivity index (χ1) is 10.1. The zero-order valence-electron chi connectivity index (χ0n) is 11.8. The number of nitrogens with zero attached hydrogens (tertiary/aromatic N) is 4. The van der Waals surface area contributed by atoms with Crippen molar-refractivity contribution >= 4 is 23.5 Å². The summed E-state index contributed by atoms with van der Waals surface area (Å²) in [5.74, 6) is 0.863. The first-order valence-electron chi connectivity index (χ1n) is 6.91. The molecule has 6 nitrogen and oxygen atoms in total. The molecule has 1 aromatic carbocycles. The summed E-state index contributed by atoms with van der Waals surface area (Å²) in [6, 6.07) is 4.50. The lowest BCUT2D eigenvalue weighted by molar-refractivity contribution is 0.627. The van der Waals surface area contributed by atoms with Crippen LogP contribution in [0.15, 0.2) is 18.2 Å². The summed E-state index contributed by atoms with van der Waals surface area (Å²) in [4.78, 5) is 14.7. The SMILES string of the molecule is Cc1cc(F)ccc1Nc1nc(N)nc(N2CCCC2)n1. The van der Waals surface area contributed by atoms with Crippen LogP contribution in [0.5, 0.6) is 0 Å². The Balaban J connectivity index is 1.87. The standard InChI is InChI=1S/C14H17FN6/c1-9-8-10(15)4-5-11(9)17-13-18-12(16)19-14(20-13)21-6-2-3-7-21/h4-5,8H,2-3,6-7H2,1H3,(H3,16,17,18,19,20). The molecular weight excluding hydrogens is 271 g/mol. The minimum Gasteiger partial charge on any atom is -0.368 e. The molecule has 2 aromatic rings. The number of hydrogen-bond acceptors (Lipinski definition) is 6. The average molecular weight is 288 g/mol. The maximum atomic E-state index is 13.1. The summed E-state index contributed by atoms with van der Waals surface area (Å²) < 4.78 is 13.1. The van der Waals surface area contributed by atoms with Crippen molar-refractivity contribution in [3.8, 4) is 0 Å². The Morgan fingerprint density at radius 1 is 1.19 bits per heavy atom. The fourth-order valence-electron chi connectivity index (χ4n) is 2.38. The van der Waals surface area contributed by atoms with Crippen LogP contribution in [-0.2, 0) is 0 Å². The largest absolute Gasteiger partial charge is 0.368 e. The molecule has 0 radical (unpaired) electrons. The molecule has 0 saturated carbocycles. The Bertz CT molecular complexity index is 654. The van der Waals surface area contributed by atoms with Crippen molar-refractivity contribution in [2.75, 3.05) is 29.0 Å². The second-order valence-corrected chi connectivity index (χ2v) is 5.10. The minimum atomic E-state index is -0.272. The first kappa shape index (κ1) is 13.5. The number of halogens is 1. The van der Waals surface area contributed by atoms with Gasteiger partial charge in [0.05, 0.1) is 0 Å². The maximum absolute atomic E-state index is 13.1. The van der Waals surface area contributed by atoms with E-state index in [2.05, 4.69) is 25.2 Å². The predicted molar refractivity (Wildman–Crippen MR) is 80.1 cm³/mol. The highest BCUT2D eigenvalue weighted by atomic mass is 19.1. The van der Waals surface area contributed by atoms with Crippen molar-refractivity contribution in [3.05, 3.63) is 29.6 Å². The second-order valence-electron chi connectivity index (χ2n) is 5.10. The quantitative estimate of drug-likeness (QED) is 0.901. The number of rotatable bonds is 3. The molecule has 1 fully saturated rings. The monoisotopic (exact) mass is 288 g/mol. The molecule has 0 amide bonds. The van der Waals surface area contributed by atoms with Gasteiger partial charge in [-0.1, -0.05) is 0 Å². The molecule has 0 unspecified atom stereocenters. The maximum Gasteiger partial charge on any atom is 0.233 e. The zero-order valence-corrected chi connectivity index (χ0v) is 11.8. The van der Waals surface area contributed by atoms with Crippen molar-refractivity contribution in [3.63, 3.8) is 0 Å². The third kappa shape index (κ3) is 3.01. The van der Waals surface area contributed by atoms with Gasteiger partial charge in [0.2, 0.25) is 17.8 Å². The van der Waals surface area contributed by atoms with Gasteiger partial charge >= 0.3 is 0 Å². The van der Waals surface area contributed by atoms with E-state index in [0.29, 0.717) is 11.9 Å².